The summed E-state index contributed by atoms with van der Waals surface area (Å²) in [4.78, 5) is 26.2. The standard InChI is InChI=1S/C26H30N2O2/c1-5-20-14-11-15-21(6-2)25(20)27-26(30)24-18(4)28(22(7-3)16-23(24)29)17-19-12-9-8-10-13-19/h8-16H,5-7,17H2,1-4H3,(H,27,30). The lowest BCUT2D eigenvalue weighted by molar-refractivity contribution is 0.102. The summed E-state index contributed by atoms with van der Waals surface area (Å²) in [7, 11) is 0. The van der Waals surface area contributed by atoms with E-state index in [0.29, 0.717) is 12.2 Å². The normalized spacial score (nSPS) is 10.8. The zero-order chi connectivity index (χ0) is 21.7. The molecule has 1 heterocycles. The molecule has 1 amide bonds. The lowest BCUT2D eigenvalue weighted by Gasteiger charge is -2.20. The van der Waals surface area contributed by atoms with Crippen LogP contribution in [-0.4, -0.2) is 10.5 Å². The predicted molar refractivity (Wildman–Crippen MR) is 124 cm³/mol. The van der Waals surface area contributed by atoms with E-state index in [1.807, 2.05) is 50.2 Å². The number of hydrogen-bond acceptors (Lipinski definition) is 2. The largest absolute Gasteiger partial charge is 0.343 e. The predicted octanol–water partition coefficient (Wildman–Crippen LogP) is 5.14. The van der Waals surface area contributed by atoms with E-state index in [9.17, 15) is 9.59 Å². The molecule has 0 unspecified atom stereocenters. The minimum absolute atomic E-state index is 0.219. The number of nitrogens with one attached hydrogen (secondary N) is 1. The van der Waals surface area contributed by atoms with Gasteiger partial charge in [0.15, 0.2) is 5.43 Å². The highest BCUT2D eigenvalue weighted by Crippen LogP contribution is 2.23. The minimum atomic E-state index is -0.336. The van der Waals surface area contributed by atoms with Crippen LogP contribution in [0.5, 0.6) is 0 Å². The average molecular weight is 403 g/mol. The van der Waals surface area contributed by atoms with Gasteiger partial charge in [-0.2, -0.15) is 0 Å². The van der Waals surface area contributed by atoms with E-state index < -0.39 is 0 Å². The second-order valence-electron chi connectivity index (χ2n) is 7.50. The molecule has 0 spiro atoms. The Kier molecular flexibility index (Phi) is 6.88. The molecule has 30 heavy (non-hydrogen) atoms. The van der Waals surface area contributed by atoms with Crippen molar-refractivity contribution in [1.82, 2.24) is 4.57 Å². The van der Waals surface area contributed by atoms with E-state index in [0.717, 1.165) is 47.3 Å². The highest BCUT2D eigenvalue weighted by atomic mass is 16.2. The van der Waals surface area contributed by atoms with Crippen LogP contribution in [0.2, 0.25) is 0 Å². The molecule has 0 radical (unpaired) electrons. The molecular weight excluding hydrogens is 372 g/mol. The first-order valence-corrected chi connectivity index (χ1v) is 10.7. The third-order valence-electron chi connectivity index (χ3n) is 5.67. The fourth-order valence-corrected chi connectivity index (χ4v) is 3.96. The molecule has 0 aliphatic heterocycles. The number of aryl methyl sites for hydroxylation is 3. The van der Waals surface area contributed by atoms with Crippen molar-refractivity contribution in [2.45, 2.75) is 53.5 Å². The summed E-state index contributed by atoms with van der Waals surface area (Å²) in [6, 6.07) is 17.8. The number of carbonyl (C=O) groups excluding carboxylic acids is 1. The van der Waals surface area contributed by atoms with Gasteiger partial charge in [-0.1, -0.05) is 69.3 Å². The van der Waals surface area contributed by atoms with Gasteiger partial charge in [-0.05, 0) is 42.9 Å². The van der Waals surface area contributed by atoms with Crippen LogP contribution in [0.4, 0.5) is 5.69 Å². The topological polar surface area (TPSA) is 51.1 Å². The average Bonchev–Trinajstić information content (AvgIpc) is 2.76. The van der Waals surface area contributed by atoms with Crippen molar-refractivity contribution in [3.8, 4) is 0 Å². The van der Waals surface area contributed by atoms with Gasteiger partial charge in [-0.15, -0.1) is 0 Å². The molecule has 0 aliphatic carbocycles. The highest BCUT2D eigenvalue weighted by molar-refractivity contribution is 6.05. The Morgan fingerprint density at radius 2 is 1.53 bits per heavy atom. The second-order valence-corrected chi connectivity index (χ2v) is 7.50. The summed E-state index contributed by atoms with van der Waals surface area (Å²) in [6.07, 6.45) is 2.36. The second kappa shape index (κ2) is 9.57. The summed E-state index contributed by atoms with van der Waals surface area (Å²) in [6.45, 7) is 8.66. The first-order chi connectivity index (χ1) is 14.5. The first kappa shape index (κ1) is 21.6. The molecule has 156 valence electrons. The van der Waals surface area contributed by atoms with E-state index >= 15 is 0 Å². The van der Waals surface area contributed by atoms with Gasteiger partial charge < -0.3 is 9.88 Å². The smallest absolute Gasteiger partial charge is 0.261 e. The van der Waals surface area contributed by atoms with Crippen molar-refractivity contribution >= 4 is 11.6 Å². The number of aromatic nitrogens is 1. The molecule has 1 aromatic heterocycles. The Labute approximate surface area is 178 Å². The van der Waals surface area contributed by atoms with Crippen LogP contribution >= 0.6 is 0 Å². The molecule has 4 heteroatoms. The van der Waals surface area contributed by atoms with Gasteiger partial charge in [-0.3, -0.25) is 9.59 Å². The van der Waals surface area contributed by atoms with Crippen LogP contribution in [0, 0.1) is 6.92 Å². The van der Waals surface area contributed by atoms with E-state index in [1.165, 1.54) is 0 Å². The number of carbonyl (C=O) groups is 1. The van der Waals surface area contributed by atoms with Crippen LogP contribution < -0.4 is 10.7 Å². The van der Waals surface area contributed by atoms with Gasteiger partial charge in [0.2, 0.25) is 0 Å². The zero-order valence-corrected chi connectivity index (χ0v) is 18.3. The van der Waals surface area contributed by atoms with Crippen molar-refractivity contribution in [2.24, 2.45) is 0 Å². The van der Waals surface area contributed by atoms with Crippen molar-refractivity contribution < 1.29 is 4.79 Å². The number of rotatable bonds is 7. The maximum Gasteiger partial charge on any atom is 0.261 e. The summed E-state index contributed by atoms with van der Waals surface area (Å²) in [5.41, 5.74) is 5.75. The molecule has 0 fully saturated rings. The first-order valence-electron chi connectivity index (χ1n) is 10.7. The van der Waals surface area contributed by atoms with Crippen molar-refractivity contribution in [3.05, 3.63) is 98.5 Å². The third-order valence-corrected chi connectivity index (χ3v) is 5.67. The maximum absolute atomic E-state index is 13.3. The highest BCUT2D eigenvalue weighted by Gasteiger charge is 2.20. The molecule has 0 saturated heterocycles. The fourth-order valence-electron chi connectivity index (χ4n) is 3.96. The Hall–Kier alpha value is -3.14. The number of benzene rings is 2. The van der Waals surface area contributed by atoms with E-state index in [2.05, 4.69) is 35.9 Å². The van der Waals surface area contributed by atoms with E-state index in [-0.39, 0.29) is 16.9 Å². The summed E-state index contributed by atoms with van der Waals surface area (Å²) < 4.78 is 2.08. The zero-order valence-electron chi connectivity index (χ0n) is 18.3. The molecule has 1 N–H and O–H groups in total. The van der Waals surface area contributed by atoms with Crippen LogP contribution in [0.3, 0.4) is 0 Å². The number of nitrogens with zero attached hydrogens (tertiary/aromatic N) is 1. The lowest BCUT2D eigenvalue weighted by Crippen LogP contribution is -2.28. The third kappa shape index (κ3) is 4.38. The number of pyridine rings is 1. The molecule has 3 rings (SSSR count). The number of hydrogen-bond donors (Lipinski definition) is 1. The molecule has 0 aliphatic rings. The molecule has 0 bridgehead atoms. The monoisotopic (exact) mass is 402 g/mol. The SMILES string of the molecule is CCc1cccc(CC)c1NC(=O)c1c(C)n(Cc2ccccc2)c(CC)cc1=O. The fraction of sp³-hybridized carbons (Fsp3) is 0.308. The molecule has 0 saturated carbocycles. The van der Waals surface area contributed by atoms with Gasteiger partial charge in [0.1, 0.15) is 5.56 Å². The number of para-hydroxylation sites is 1. The van der Waals surface area contributed by atoms with Crippen LogP contribution in [0.25, 0.3) is 0 Å². The Morgan fingerprint density at radius 1 is 0.900 bits per heavy atom. The lowest BCUT2D eigenvalue weighted by atomic mass is 10.0. The Bertz CT molecular complexity index is 1080. The molecule has 0 atom stereocenters. The molecule has 2 aromatic carbocycles. The van der Waals surface area contributed by atoms with Crippen LogP contribution in [0.1, 0.15) is 59.2 Å². The summed E-state index contributed by atoms with van der Waals surface area (Å²) in [5.74, 6) is -0.336. The minimum Gasteiger partial charge on any atom is -0.343 e. The summed E-state index contributed by atoms with van der Waals surface area (Å²) in [5, 5.41) is 3.06. The van der Waals surface area contributed by atoms with Crippen LogP contribution in [-0.2, 0) is 25.8 Å². The Balaban J connectivity index is 2.05. The van der Waals surface area contributed by atoms with Crippen molar-refractivity contribution in [1.29, 1.82) is 0 Å². The summed E-state index contributed by atoms with van der Waals surface area (Å²) >= 11 is 0. The van der Waals surface area contributed by atoms with Gasteiger partial charge in [0.25, 0.3) is 5.91 Å². The Morgan fingerprint density at radius 3 is 2.10 bits per heavy atom. The van der Waals surface area contributed by atoms with Gasteiger partial charge >= 0.3 is 0 Å². The molecule has 3 aromatic rings. The van der Waals surface area contributed by atoms with Crippen molar-refractivity contribution in [3.63, 3.8) is 0 Å². The quantitative estimate of drug-likeness (QED) is 0.595. The van der Waals surface area contributed by atoms with E-state index in [4.69, 9.17) is 0 Å². The van der Waals surface area contributed by atoms with E-state index in [1.54, 1.807) is 6.07 Å². The van der Waals surface area contributed by atoms with Crippen LogP contribution in [0.15, 0.2) is 59.4 Å². The number of amides is 1. The number of anilines is 1. The molecule has 4 nitrogen and oxygen atoms in total. The van der Waals surface area contributed by atoms with Gasteiger partial charge in [0, 0.05) is 29.7 Å². The van der Waals surface area contributed by atoms with Gasteiger partial charge in [-0.25, -0.2) is 0 Å². The maximum atomic E-state index is 13.3. The van der Waals surface area contributed by atoms with Crippen molar-refractivity contribution in [2.75, 3.05) is 5.32 Å². The van der Waals surface area contributed by atoms with Gasteiger partial charge in [0.05, 0.1) is 0 Å². The molecular formula is C26H30N2O2.